The number of aliphatic hydroxyl groups excluding tert-OH is 3. The minimum absolute atomic E-state index is 0.0578. The molecule has 2 rings (SSSR count). The summed E-state index contributed by atoms with van der Waals surface area (Å²) in [5.41, 5.74) is -0.184. The SMILES string of the molecule is O=C(O)[C@H]1O[C@H](Oc2ccc([N+](=O)[O-])cc2)[C@@H](O)[C@H](O)[C@H]1O. The second-order valence-corrected chi connectivity index (χ2v) is 4.60. The lowest BCUT2D eigenvalue weighted by molar-refractivity contribution is -0.384. The van der Waals surface area contributed by atoms with E-state index in [1.54, 1.807) is 0 Å². The molecule has 1 aromatic rings. The molecule has 1 aliphatic heterocycles. The van der Waals surface area contributed by atoms with Crippen LogP contribution in [0.15, 0.2) is 24.3 Å². The Kier molecular flexibility index (Phi) is 4.56. The standard InChI is InChI=1S/C12H13NO9/c14-7-8(15)10(11(17)18)22-12(9(7)16)21-6-3-1-5(2-4-6)13(19)20/h1-4,7-10,12,14-16H,(H,17,18)/t7-,8-,9+,10+,12+/m1/s1. The van der Waals surface area contributed by atoms with Crippen LogP contribution in [0.1, 0.15) is 0 Å². The number of aliphatic hydroxyl groups is 3. The normalized spacial score (nSPS) is 31.5. The molecule has 1 fully saturated rings. The van der Waals surface area contributed by atoms with Crippen molar-refractivity contribution in [2.45, 2.75) is 30.7 Å². The fraction of sp³-hybridized carbons (Fsp3) is 0.417. The number of aliphatic carboxylic acids is 1. The van der Waals surface area contributed by atoms with Crippen LogP contribution >= 0.6 is 0 Å². The van der Waals surface area contributed by atoms with E-state index in [2.05, 4.69) is 0 Å². The zero-order valence-electron chi connectivity index (χ0n) is 11.0. The summed E-state index contributed by atoms with van der Waals surface area (Å²) in [7, 11) is 0. The van der Waals surface area contributed by atoms with Crippen molar-refractivity contribution in [3.8, 4) is 5.75 Å². The number of non-ortho nitro benzene ring substituents is 1. The van der Waals surface area contributed by atoms with Crippen LogP contribution in [0.2, 0.25) is 0 Å². The Morgan fingerprint density at radius 2 is 1.73 bits per heavy atom. The number of hydrogen-bond acceptors (Lipinski definition) is 8. The molecule has 1 saturated heterocycles. The Balaban J connectivity index is 2.13. The number of nitrogens with zero attached hydrogens (tertiary/aromatic N) is 1. The summed E-state index contributed by atoms with van der Waals surface area (Å²) in [6, 6.07) is 4.73. The van der Waals surface area contributed by atoms with Gasteiger partial charge in [-0.3, -0.25) is 10.1 Å². The van der Waals surface area contributed by atoms with Crippen LogP contribution < -0.4 is 4.74 Å². The van der Waals surface area contributed by atoms with Crippen molar-refractivity contribution >= 4 is 11.7 Å². The third-order valence-corrected chi connectivity index (χ3v) is 3.11. The fourth-order valence-electron chi connectivity index (χ4n) is 1.93. The van der Waals surface area contributed by atoms with Crippen molar-refractivity contribution in [3.05, 3.63) is 34.4 Å². The van der Waals surface area contributed by atoms with Crippen molar-refractivity contribution in [1.29, 1.82) is 0 Å². The summed E-state index contributed by atoms with van der Waals surface area (Å²) in [5.74, 6) is -1.47. The van der Waals surface area contributed by atoms with E-state index in [9.17, 15) is 30.2 Å². The van der Waals surface area contributed by atoms with Crippen LogP contribution in [0.5, 0.6) is 5.75 Å². The summed E-state index contributed by atoms with van der Waals surface area (Å²) in [4.78, 5) is 20.8. The Morgan fingerprint density at radius 1 is 1.14 bits per heavy atom. The molecule has 0 amide bonds. The summed E-state index contributed by atoms with van der Waals surface area (Å²) in [6.07, 6.45) is -8.62. The maximum Gasteiger partial charge on any atom is 0.335 e. The molecule has 0 saturated carbocycles. The highest BCUT2D eigenvalue weighted by molar-refractivity contribution is 5.73. The molecule has 1 heterocycles. The van der Waals surface area contributed by atoms with Crippen molar-refractivity contribution < 1.29 is 39.6 Å². The van der Waals surface area contributed by atoms with Crippen LogP contribution in [0.4, 0.5) is 5.69 Å². The largest absolute Gasteiger partial charge is 0.479 e. The lowest BCUT2D eigenvalue weighted by atomic mass is 9.99. The van der Waals surface area contributed by atoms with Gasteiger partial charge in [0.05, 0.1) is 4.92 Å². The predicted molar refractivity (Wildman–Crippen MR) is 68.0 cm³/mol. The van der Waals surface area contributed by atoms with Gasteiger partial charge in [-0.1, -0.05) is 0 Å². The number of carboxylic acid groups (broad SMARTS) is 1. The minimum atomic E-state index is -1.82. The molecule has 10 nitrogen and oxygen atoms in total. The summed E-state index contributed by atoms with van der Waals surface area (Å²) in [6.45, 7) is 0. The zero-order valence-corrected chi connectivity index (χ0v) is 11.0. The van der Waals surface area contributed by atoms with Gasteiger partial charge in [0.1, 0.15) is 24.1 Å². The number of ether oxygens (including phenoxy) is 2. The molecule has 5 atom stereocenters. The molecular weight excluding hydrogens is 302 g/mol. The van der Waals surface area contributed by atoms with Gasteiger partial charge in [0.15, 0.2) is 6.10 Å². The van der Waals surface area contributed by atoms with Crippen LogP contribution in [-0.4, -0.2) is 62.0 Å². The van der Waals surface area contributed by atoms with Gasteiger partial charge in [-0.05, 0) is 12.1 Å². The van der Waals surface area contributed by atoms with Crippen molar-refractivity contribution in [3.63, 3.8) is 0 Å². The molecule has 0 aromatic heterocycles. The highest BCUT2D eigenvalue weighted by atomic mass is 16.7. The fourth-order valence-corrected chi connectivity index (χ4v) is 1.93. The van der Waals surface area contributed by atoms with E-state index < -0.39 is 41.6 Å². The number of carboxylic acids is 1. The molecule has 0 bridgehead atoms. The average Bonchev–Trinajstić information content (AvgIpc) is 2.48. The van der Waals surface area contributed by atoms with Gasteiger partial charge in [-0.2, -0.15) is 0 Å². The topological polar surface area (TPSA) is 160 Å². The van der Waals surface area contributed by atoms with Gasteiger partial charge in [-0.15, -0.1) is 0 Å². The van der Waals surface area contributed by atoms with Crippen molar-refractivity contribution in [2.75, 3.05) is 0 Å². The second-order valence-electron chi connectivity index (χ2n) is 4.60. The highest BCUT2D eigenvalue weighted by Gasteiger charge is 2.48. The molecule has 1 aromatic carbocycles. The molecule has 10 heteroatoms. The highest BCUT2D eigenvalue weighted by Crippen LogP contribution is 2.25. The van der Waals surface area contributed by atoms with Crippen LogP contribution in [0.25, 0.3) is 0 Å². The Hall–Kier alpha value is -2.27. The number of benzene rings is 1. The Morgan fingerprint density at radius 3 is 2.23 bits per heavy atom. The van der Waals surface area contributed by atoms with Gasteiger partial charge in [0, 0.05) is 12.1 Å². The number of hydrogen-bond donors (Lipinski definition) is 4. The molecule has 0 radical (unpaired) electrons. The number of carbonyl (C=O) groups is 1. The maximum absolute atomic E-state index is 10.9. The third kappa shape index (κ3) is 3.14. The summed E-state index contributed by atoms with van der Waals surface area (Å²) < 4.78 is 10.1. The van der Waals surface area contributed by atoms with Crippen LogP contribution in [0, 0.1) is 10.1 Å². The predicted octanol–water partition coefficient (Wildman–Crippen LogP) is -1.13. The lowest BCUT2D eigenvalue weighted by Gasteiger charge is -2.38. The molecule has 1 aliphatic rings. The molecule has 0 aliphatic carbocycles. The smallest absolute Gasteiger partial charge is 0.335 e. The average molecular weight is 315 g/mol. The number of nitro groups is 1. The van der Waals surface area contributed by atoms with Crippen LogP contribution in [-0.2, 0) is 9.53 Å². The van der Waals surface area contributed by atoms with Gasteiger partial charge < -0.3 is 29.9 Å². The van der Waals surface area contributed by atoms with Gasteiger partial charge >= 0.3 is 5.97 Å². The minimum Gasteiger partial charge on any atom is -0.479 e. The number of rotatable bonds is 4. The second kappa shape index (κ2) is 6.23. The molecular formula is C12H13NO9. The van der Waals surface area contributed by atoms with Gasteiger partial charge in [0.2, 0.25) is 6.29 Å². The zero-order chi connectivity index (χ0) is 16.4. The third-order valence-electron chi connectivity index (χ3n) is 3.11. The van der Waals surface area contributed by atoms with E-state index in [-0.39, 0.29) is 11.4 Å². The first kappa shape index (κ1) is 16.1. The lowest BCUT2D eigenvalue weighted by Crippen LogP contribution is -2.61. The van der Waals surface area contributed by atoms with E-state index in [0.717, 1.165) is 12.1 Å². The Bertz CT molecular complexity index is 560. The van der Waals surface area contributed by atoms with E-state index in [0.29, 0.717) is 0 Å². The van der Waals surface area contributed by atoms with E-state index in [1.165, 1.54) is 12.1 Å². The monoisotopic (exact) mass is 315 g/mol. The van der Waals surface area contributed by atoms with Crippen LogP contribution in [0.3, 0.4) is 0 Å². The quantitative estimate of drug-likeness (QED) is 0.398. The van der Waals surface area contributed by atoms with E-state index in [4.69, 9.17) is 14.6 Å². The molecule has 0 unspecified atom stereocenters. The maximum atomic E-state index is 10.9. The van der Waals surface area contributed by atoms with E-state index in [1.807, 2.05) is 0 Å². The van der Waals surface area contributed by atoms with Crippen molar-refractivity contribution in [1.82, 2.24) is 0 Å². The summed E-state index contributed by atoms with van der Waals surface area (Å²) >= 11 is 0. The van der Waals surface area contributed by atoms with E-state index >= 15 is 0 Å². The summed E-state index contributed by atoms with van der Waals surface area (Å²) in [5, 5.41) is 48.3. The first-order chi connectivity index (χ1) is 10.3. The van der Waals surface area contributed by atoms with Crippen molar-refractivity contribution in [2.24, 2.45) is 0 Å². The Labute approximate surface area is 123 Å². The first-order valence-electron chi connectivity index (χ1n) is 6.15. The molecule has 4 N–H and O–H groups in total. The molecule has 22 heavy (non-hydrogen) atoms. The number of nitro benzene ring substituents is 1. The van der Waals surface area contributed by atoms with Gasteiger partial charge in [-0.25, -0.2) is 4.79 Å². The van der Waals surface area contributed by atoms with Gasteiger partial charge in [0.25, 0.3) is 5.69 Å². The molecule has 120 valence electrons. The first-order valence-corrected chi connectivity index (χ1v) is 6.15. The molecule has 0 spiro atoms.